The van der Waals surface area contributed by atoms with Crippen LogP contribution in [0.5, 0.6) is 5.75 Å². The van der Waals surface area contributed by atoms with E-state index in [0.717, 1.165) is 48.7 Å². The molecule has 3 fully saturated rings. The van der Waals surface area contributed by atoms with Gasteiger partial charge in [-0.15, -0.1) is 0 Å². The number of aromatic nitrogens is 1. The molecule has 0 radical (unpaired) electrons. The van der Waals surface area contributed by atoms with E-state index in [1.54, 1.807) is 24.4 Å². The van der Waals surface area contributed by atoms with Crippen LogP contribution in [0.4, 0.5) is 4.39 Å². The van der Waals surface area contributed by atoms with Gasteiger partial charge in [0, 0.05) is 18.2 Å². The number of pyridine rings is 1. The van der Waals surface area contributed by atoms with E-state index in [-0.39, 0.29) is 17.5 Å². The molecule has 0 bridgehead atoms. The number of halogens is 1. The maximum atomic E-state index is 15.2. The zero-order valence-electron chi connectivity index (χ0n) is 21.0. The van der Waals surface area contributed by atoms with Crippen LogP contribution < -0.4 is 10.3 Å². The molecule has 3 aliphatic rings. The summed E-state index contributed by atoms with van der Waals surface area (Å²) in [5.74, 6) is 2.84. The summed E-state index contributed by atoms with van der Waals surface area (Å²) in [7, 11) is 0. The van der Waals surface area contributed by atoms with Gasteiger partial charge in [-0.1, -0.05) is 31.7 Å². The van der Waals surface area contributed by atoms with E-state index in [0.29, 0.717) is 29.3 Å². The minimum absolute atomic E-state index is 0.141. The zero-order valence-corrected chi connectivity index (χ0v) is 21.0. The molecule has 2 unspecified atom stereocenters. The van der Waals surface area contributed by atoms with Crippen LogP contribution >= 0.6 is 0 Å². The van der Waals surface area contributed by atoms with Gasteiger partial charge in [0.15, 0.2) is 0 Å². The van der Waals surface area contributed by atoms with Crippen molar-refractivity contribution in [2.45, 2.75) is 70.3 Å². The second-order valence-corrected chi connectivity index (χ2v) is 11.2. The lowest BCUT2D eigenvalue weighted by Crippen LogP contribution is -2.19. The Hall–Kier alpha value is -2.66. The molecule has 190 valence electrons. The van der Waals surface area contributed by atoms with E-state index in [1.807, 2.05) is 24.3 Å². The topological polar surface area (TPSA) is 40.5 Å². The van der Waals surface area contributed by atoms with Crippen LogP contribution in [0.15, 0.2) is 53.5 Å². The maximum absolute atomic E-state index is 15.2. The summed E-state index contributed by atoms with van der Waals surface area (Å²) in [6.07, 6.45) is 14.3. The van der Waals surface area contributed by atoms with Crippen molar-refractivity contribution < 1.29 is 13.9 Å². The van der Waals surface area contributed by atoms with E-state index in [9.17, 15) is 4.79 Å². The summed E-state index contributed by atoms with van der Waals surface area (Å²) in [6, 6.07) is 12.7. The Morgan fingerprint density at radius 1 is 0.944 bits per heavy atom. The molecule has 36 heavy (non-hydrogen) atoms. The largest absolute Gasteiger partial charge is 0.491 e. The predicted molar refractivity (Wildman–Crippen MR) is 140 cm³/mol. The summed E-state index contributed by atoms with van der Waals surface area (Å²) in [4.78, 5) is 13.2. The van der Waals surface area contributed by atoms with Crippen LogP contribution in [0.25, 0.3) is 16.5 Å². The van der Waals surface area contributed by atoms with Crippen molar-refractivity contribution in [1.82, 2.24) is 4.57 Å². The summed E-state index contributed by atoms with van der Waals surface area (Å²) in [6.45, 7) is 1.31. The molecule has 6 rings (SSSR count). The van der Waals surface area contributed by atoms with Crippen LogP contribution in [0.3, 0.4) is 0 Å². The second kappa shape index (κ2) is 10.4. The average molecular weight is 490 g/mol. The number of rotatable bonds is 7. The van der Waals surface area contributed by atoms with Crippen LogP contribution in [-0.4, -0.2) is 23.9 Å². The number of fused-ring (bicyclic) bond motifs is 1. The van der Waals surface area contributed by atoms with Crippen molar-refractivity contribution >= 4 is 10.8 Å². The molecule has 0 N–H and O–H groups in total. The van der Waals surface area contributed by atoms with Gasteiger partial charge in [-0.2, -0.15) is 0 Å². The standard InChI is InChI=1S/C31H36FNO3/c32-29-18-22(16-21-7-9-24(17-21)23-4-1-2-5-23)8-12-30(29)33-14-13-25-19-26(10-11-28(25)31(33)34)36-20-27-6-3-15-35-27/h8,10-14,18-19,21,23-24,27H,1-7,9,15-17,20H2/t21?,24?,27-/m0/s1. The molecular formula is C31H36FNO3. The fourth-order valence-electron chi connectivity index (χ4n) is 6.83. The highest BCUT2D eigenvalue weighted by Crippen LogP contribution is 2.43. The number of hydrogen-bond acceptors (Lipinski definition) is 3. The molecule has 2 saturated carbocycles. The number of hydrogen-bond donors (Lipinski definition) is 0. The third-order valence-electron chi connectivity index (χ3n) is 8.78. The molecule has 2 heterocycles. The summed E-state index contributed by atoms with van der Waals surface area (Å²) in [5, 5.41) is 1.34. The highest BCUT2D eigenvalue weighted by atomic mass is 19.1. The first-order valence-electron chi connectivity index (χ1n) is 13.8. The van der Waals surface area contributed by atoms with Gasteiger partial charge in [-0.3, -0.25) is 9.36 Å². The van der Waals surface area contributed by atoms with Crippen molar-refractivity contribution in [3.63, 3.8) is 0 Å². The molecular weight excluding hydrogens is 453 g/mol. The van der Waals surface area contributed by atoms with E-state index in [1.165, 1.54) is 49.5 Å². The van der Waals surface area contributed by atoms with Gasteiger partial charge < -0.3 is 9.47 Å². The minimum atomic E-state index is -0.337. The van der Waals surface area contributed by atoms with E-state index < -0.39 is 0 Å². The van der Waals surface area contributed by atoms with Crippen LogP contribution in [-0.2, 0) is 11.2 Å². The van der Waals surface area contributed by atoms with E-state index >= 15 is 4.39 Å². The normalized spacial score (nSPS) is 24.6. The minimum Gasteiger partial charge on any atom is -0.491 e. The molecule has 2 aromatic carbocycles. The third-order valence-corrected chi connectivity index (χ3v) is 8.78. The average Bonchev–Trinajstić information content (AvgIpc) is 3.66. The molecule has 0 amide bonds. The quantitative estimate of drug-likeness (QED) is 0.365. The molecule has 5 heteroatoms. The molecule has 1 saturated heterocycles. The molecule has 1 aliphatic heterocycles. The van der Waals surface area contributed by atoms with Crippen LogP contribution in [0.2, 0.25) is 0 Å². The lowest BCUT2D eigenvalue weighted by Gasteiger charge is -2.18. The van der Waals surface area contributed by atoms with Crippen molar-refractivity contribution in [3.8, 4) is 11.4 Å². The fraction of sp³-hybridized carbons (Fsp3) is 0.516. The monoisotopic (exact) mass is 489 g/mol. The van der Waals surface area contributed by atoms with Gasteiger partial charge in [-0.05, 0) is 104 Å². The highest BCUT2D eigenvalue weighted by Gasteiger charge is 2.32. The Kier molecular flexibility index (Phi) is 6.83. The molecule has 3 atom stereocenters. The smallest absolute Gasteiger partial charge is 0.263 e. The number of ether oxygens (including phenoxy) is 2. The molecule has 3 aromatic rings. The first-order chi connectivity index (χ1) is 17.6. The zero-order chi connectivity index (χ0) is 24.5. The summed E-state index contributed by atoms with van der Waals surface area (Å²) in [5.41, 5.74) is 1.12. The third kappa shape index (κ3) is 4.95. The van der Waals surface area contributed by atoms with Crippen molar-refractivity contribution in [2.24, 2.45) is 17.8 Å². The maximum Gasteiger partial charge on any atom is 0.263 e. The van der Waals surface area contributed by atoms with E-state index in [2.05, 4.69) is 0 Å². The molecule has 0 spiro atoms. The summed E-state index contributed by atoms with van der Waals surface area (Å²) >= 11 is 0. The number of benzene rings is 2. The highest BCUT2D eigenvalue weighted by molar-refractivity contribution is 5.83. The van der Waals surface area contributed by atoms with Crippen molar-refractivity contribution in [3.05, 3.63) is 70.4 Å². The van der Waals surface area contributed by atoms with Gasteiger partial charge in [0.1, 0.15) is 18.2 Å². The molecule has 2 aliphatic carbocycles. The lowest BCUT2D eigenvalue weighted by atomic mass is 9.88. The van der Waals surface area contributed by atoms with Crippen molar-refractivity contribution in [2.75, 3.05) is 13.2 Å². The molecule has 4 nitrogen and oxygen atoms in total. The van der Waals surface area contributed by atoms with Gasteiger partial charge in [0.25, 0.3) is 5.56 Å². The Morgan fingerprint density at radius 3 is 2.64 bits per heavy atom. The second-order valence-electron chi connectivity index (χ2n) is 11.2. The Morgan fingerprint density at radius 2 is 1.83 bits per heavy atom. The van der Waals surface area contributed by atoms with Gasteiger partial charge in [0.2, 0.25) is 0 Å². The first kappa shape index (κ1) is 23.7. The van der Waals surface area contributed by atoms with Gasteiger partial charge in [-0.25, -0.2) is 4.39 Å². The Labute approximate surface area is 212 Å². The fourth-order valence-corrected chi connectivity index (χ4v) is 6.83. The van der Waals surface area contributed by atoms with Gasteiger partial charge >= 0.3 is 0 Å². The summed E-state index contributed by atoms with van der Waals surface area (Å²) < 4.78 is 28.1. The lowest BCUT2D eigenvalue weighted by molar-refractivity contribution is 0.0680. The SMILES string of the molecule is O=c1c2ccc(OC[C@@H]3CCCO3)cc2ccn1-c1ccc(CC2CCC(C3CCCC3)C2)cc1F. The van der Waals surface area contributed by atoms with Gasteiger partial charge in [0.05, 0.1) is 11.8 Å². The van der Waals surface area contributed by atoms with E-state index in [4.69, 9.17) is 9.47 Å². The first-order valence-corrected chi connectivity index (χ1v) is 13.8. The van der Waals surface area contributed by atoms with Crippen molar-refractivity contribution in [1.29, 1.82) is 0 Å². The van der Waals surface area contributed by atoms with Crippen LogP contribution in [0.1, 0.15) is 63.4 Å². The van der Waals surface area contributed by atoms with Crippen LogP contribution in [0, 0.1) is 23.6 Å². The molecule has 1 aromatic heterocycles. The predicted octanol–water partition coefficient (Wildman–Crippen LogP) is 6.84. The number of nitrogens with zero attached hydrogens (tertiary/aromatic N) is 1. The Bertz CT molecular complexity index is 1270. The Balaban J connectivity index is 1.15.